The molecule has 0 spiro atoms. The molecule has 138 valence electrons. The van der Waals surface area contributed by atoms with E-state index in [-0.39, 0.29) is 23.6 Å². The highest BCUT2D eigenvalue weighted by atomic mass is 35.5. The number of nitrogens with zero attached hydrogens (tertiary/aromatic N) is 2. The molecule has 5 nitrogen and oxygen atoms in total. The van der Waals surface area contributed by atoms with Crippen molar-refractivity contribution in [2.45, 2.75) is 12.6 Å². The van der Waals surface area contributed by atoms with Gasteiger partial charge in [0.15, 0.2) is 0 Å². The van der Waals surface area contributed by atoms with E-state index in [1.807, 2.05) is 0 Å². The first-order chi connectivity index (χ1) is 12.9. The van der Waals surface area contributed by atoms with Crippen molar-refractivity contribution >= 4 is 35.0 Å². The Kier molecular flexibility index (Phi) is 4.36. The van der Waals surface area contributed by atoms with Crippen LogP contribution in [0.25, 0.3) is 11.1 Å². The lowest BCUT2D eigenvalue weighted by Crippen LogP contribution is -2.60. The van der Waals surface area contributed by atoms with Crippen LogP contribution in [0.5, 0.6) is 5.75 Å². The second-order valence-corrected chi connectivity index (χ2v) is 7.50. The van der Waals surface area contributed by atoms with Crippen molar-refractivity contribution in [2.75, 3.05) is 13.1 Å². The van der Waals surface area contributed by atoms with E-state index in [2.05, 4.69) is 6.58 Å². The van der Waals surface area contributed by atoms with Crippen molar-refractivity contribution in [1.82, 2.24) is 9.80 Å². The number of halogens is 2. The zero-order valence-electron chi connectivity index (χ0n) is 14.3. The van der Waals surface area contributed by atoms with Gasteiger partial charge in [0.25, 0.3) is 5.91 Å². The Morgan fingerprint density at radius 1 is 1.15 bits per heavy atom. The van der Waals surface area contributed by atoms with E-state index < -0.39 is 0 Å². The Hall–Kier alpha value is -2.50. The summed E-state index contributed by atoms with van der Waals surface area (Å²) < 4.78 is 0. The van der Waals surface area contributed by atoms with E-state index in [1.165, 1.54) is 12.1 Å². The zero-order chi connectivity index (χ0) is 19.3. The molecule has 2 amide bonds. The van der Waals surface area contributed by atoms with Crippen LogP contribution < -0.4 is 0 Å². The van der Waals surface area contributed by atoms with Gasteiger partial charge in [-0.05, 0) is 42.0 Å². The zero-order valence-corrected chi connectivity index (χ0v) is 15.8. The smallest absolute Gasteiger partial charge is 0.254 e. The molecule has 2 heterocycles. The number of phenols is 1. The molecule has 4 rings (SSSR count). The van der Waals surface area contributed by atoms with E-state index in [9.17, 15) is 14.7 Å². The quantitative estimate of drug-likeness (QED) is 0.795. The lowest BCUT2D eigenvalue weighted by molar-refractivity contribution is -0.132. The largest absolute Gasteiger partial charge is 0.508 e. The predicted molar refractivity (Wildman–Crippen MR) is 104 cm³/mol. The third-order valence-electron chi connectivity index (χ3n) is 5.07. The molecule has 0 aliphatic carbocycles. The number of rotatable bonds is 3. The first-order valence-corrected chi connectivity index (χ1v) is 9.18. The molecule has 0 atom stereocenters. The van der Waals surface area contributed by atoms with Gasteiger partial charge in [-0.25, -0.2) is 0 Å². The Labute approximate surface area is 166 Å². The van der Waals surface area contributed by atoms with Crippen LogP contribution in [-0.2, 0) is 11.3 Å². The second-order valence-electron chi connectivity index (χ2n) is 6.68. The third-order valence-corrected chi connectivity index (χ3v) is 5.73. The maximum atomic E-state index is 12.9. The molecule has 2 aromatic carbocycles. The van der Waals surface area contributed by atoms with Crippen LogP contribution in [-0.4, -0.2) is 45.9 Å². The first kappa shape index (κ1) is 17.9. The minimum absolute atomic E-state index is 0.0299. The minimum atomic E-state index is -0.130. The lowest BCUT2D eigenvalue weighted by atomic mass is 10.00. The van der Waals surface area contributed by atoms with Crippen LogP contribution in [0.4, 0.5) is 0 Å². The van der Waals surface area contributed by atoms with E-state index in [0.29, 0.717) is 46.4 Å². The summed E-state index contributed by atoms with van der Waals surface area (Å²) in [4.78, 5) is 27.9. The highest BCUT2D eigenvalue weighted by molar-refractivity contribution is 6.34. The fourth-order valence-corrected chi connectivity index (χ4v) is 4.04. The Morgan fingerprint density at radius 3 is 2.59 bits per heavy atom. The number of carbonyl (C=O) groups is 2. The number of hydrogen-bond donors (Lipinski definition) is 1. The maximum absolute atomic E-state index is 12.9. The SMILES string of the molecule is C=CC(=O)N1CC(N2Cc3c(Cl)cc(-c4cc(O)ccc4Cl)cc3C2=O)C1. The number of likely N-dealkylation sites (tertiary alicyclic amines) is 1. The summed E-state index contributed by atoms with van der Waals surface area (Å²) in [7, 11) is 0. The summed E-state index contributed by atoms with van der Waals surface area (Å²) in [5.41, 5.74) is 2.59. The fraction of sp³-hybridized carbons (Fsp3) is 0.200. The Bertz CT molecular complexity index is 983. The molecule has 0 saturated carbocycles. The maximum Gasteiger partial charge on any atom is 0.254 e. The summed E-state index contributed by atoms with van der Waals surface area (Å²) in [6, 6.07) is 8.13. The summed E-state index contributed by atoms with van der Waals surface area (Å²) in [5.74, 6) is -0.157. The molecule has 2 aliphatic heterocycles. The normalized spacial score (nSPS) is 16.3. The average Bonchev–Trinajstić information content (AvgIpc) is 2.93. The molecule has 1 N–H and O–H groups in total. The van der Waals surface area contributed by atoms with E-state index in [0.717, 1.165) is 5.56 Å². The van der Waals surface area contributed by atoms with Crippen molar-refractivity contribution in [3.63, 3.8) is 0 Å². The molecule has 0 aromatic heterocycles. The fourth-order valence-electron chi connectivity index (χ4n) is 3.53. The van der Waals surface area contributed by atoms with Gasteiger partial charge in [-0.2, -0.15) is 0 Å². The summed E-state index contributed by atoms with van der Waals surface area (Å²) >= 11 is 12.7. The van der Waals surface area contributed by atoms with Gasteiger partial charge in [0, 0.05) is 46.4 Å². The Morgan fingerprint density at radius 2 is 1.89 bits per heavy atom. The van der Waals surface area contributed by atoms with Gasteiger partial charge in [0.05, 0.1) is 6.04 Å². The third kappa shape index (κ3) is 2.97. The molecule has 0 radical (unpaired) electrons. The van der Waals surface area contributed by atoms with Gasteiger partial charge in [0.1, 0.15) is 5.75 Å². The molecular weight excluding hydrogens is 387 g/mol. The minimum Gasteiger partial charge on any atom is -0.508 e. The average molecular weight is 403 g/mol. The monoisotopic (exact) mass is 402 g/mol. The van der Waals surface area contributed by atoms with Crippen LogP contribution in [0.15, 0.2) is 43.0 Å². The Balaban J connectivity index is 1.63. The molecular formula is C20H16Cl2N2O3. The van der Waals surface area contributed by atoms with Gasteiger partial charge in [-0.15, -0.1) is 0 Å². The van der Waals surface area contributed by atoms with Crippen molar-refractivity contribution in [2.24, 2.45) is 0 Å². The first-order valence-electron chi connectivity index (χ1n) is 8.42. The molecule has 7 heteroatoms. The molecule has 27 heavy (non-hydrogen) atoms. The van der Waals surface area contributed by atoms with E-state index >= 15 is 0 Å². The van der Waals surface area contributed by atoms with Gasteiger partial charge >= 0.3 is 0 Å². The topological polar surface area (TPSA) is 60.9 Å². The molecule has 2 aliphatic rings. The van der Waals surface area contributed by atoms with Gasteiger partial charge < -0.3 is 14.9 Å². The van der Waals surface area contributed by atoms with Crippen molar-refractivity contribution in [3.05, 3.63) is 64.2 Å². The summed E-state index contributed by atoms with van der Waals surface area (Å²) in [5, 5.41) is 10.7. The van der Waals surface area contributed by atoms with E-state index in [1.54, 1.807) is 34.1 Å². The summed E-state index contributed by atoms with van der Waals surface area (Å²) in [6.45, 7) is 4.88. The number of hydrogen-bond acceptors (Lipinski definition) is 3. The van der Waals surface area contributed by atoms with Crippen LogP contribution in [0.1, 0.15) is 15.9 Å². The number of carbonyl (C=O) groups excluding carboxylic acids is 2. The highest BCUT2D eigenvalue weighted by Crippen LogP contribution is 2.39. The van der Waals surface area contributed by atoms with Gasteiger partial charge in [-0.3, -0.25) is 9.59 Å². The molecule has 1 saturated heterocycles. The second kappa shape index (κ2) is 6.59. The van der Waals surface area contributed by atoms with Crippen LogP contribution in [0.3, 0.4) is 0 Å². The predicted octanol–water partition coefficient (Wildman–Crippen LogP) is 3.72. The lowest BCUT2D eigenvalue weighted by Gasteiger charge is -2.43. The van der Waals surface area contributed by atoms with Crippen molar-refractivity contribution < 1.29 is 14.7 Å². The highest BCUT2D eigenvalue weighted by Gasteiger charge is 2.41. The van der Waals surface area contributed by atoms with E-state index in [4.69, 9.17) is 23.2 Å². The molecule has 0 bridgehead atoms. The van der Waals surface area contributed by atoms with Gasteiger partial charge in [0.2, 0.25) is 5.91 Å². The van der Waals surface area contributed by atoms with Crippen LogP contribution in [0, 0.1) is 0 Å². The molecule has 0 unspecified atom stereocenters. The van der Waals surface area contributed by atoms with Crippen LogP contribution in [0.2, 0.25) is 10.0 Å². The van der Waals surface area contributed by atoms with Crippen molar-refractivity contribution in [1.29, 1.82) is 0 Å². The number of fused-ring (bicyclic) bond motifs is 1. The van der Waals surface area contributed by atoms with Crippen molar-refractivity contribution in [3.8, 4) is 16.9 Å². The van der Waals surface area contributed by atoms with Crippen LogP contribution >= 0.6 is 23.2 Å². The number of amides is 2. The molecule has 2 aromatic rings. The number of aromatic hydroxyl groups is 1. The summed E-state index contributed by atoms with van der Waals surface area (Å²) in [6.07, 6.45) is 1.28. The number of phenolic OH excluding ortho intramolecular Hbond substituents is 1. The molecule has 1 fully saturated rings. The standard InChI is InChI=1S/C20H16Cl2N2O3/c1-2-19(26)23-8-12(9-23)24-10-16-15(20(24)27)5-11(6-18(16)22)14-7-13(25)3-4-17(14)21/h2-7,12,25H,1,8-10H2. The van der Waals surface area contributed by atoms with Gasteiger partial charge in [-0.1, -0.05) is 29.8 Å². The number of benzene rings is 2.